The molecule has 0 spiro atoms. The van der Waals surface area contributed by atoms with Crippen LogP contribution in [0, 0.1) is 45.4 Å². The molecule has 4 aromatic rings. The Bertz CT molecular complexity index is 1520. The molecule has 4 aromatic carbocycles. The summed E-state index contributed by atoms with van der Waals surface area (Å²) in [5, 5.41) is 0. The molecule has 0 unspecified atom stereocenters. The maximum atomic E-state index is 6.43. The fourth-order valence-electron chi connectivity index (χ4n) is 8.58. The van der Waals surface area contributed by atoms with Crippen molar-refractivity contribution in [3.8, 4) is 23.0 Å². The summed E-state index contributed by atoms with van der Waals surface area (Å²) >= 11 is 0. The SMILES string of the molecule is CC[C@H]1CC[C@@H](C2CCC(c3cc(C)c(Oc4cccc(N)c4)c(C)c3)(c3cc(C)c(Oc4cccc(N)c4)c(C)c3)CC2)CC1. The van der Waals surface area contributed by atoms with Gasteiger partial charge in [0.15, 0.2) is 0 Å². The van der Waals surface area contributed by atoms with Crippen LogP contribution in [0.5, 0.6) is 23.0 Å². The molecule has 0 saturated heterocycles. The smallest absolute Gasteiger partial charge is 0.133 e. The molecule has 2 aliphatic carbocycles. The van der Waals surface area contributed by atoms with E-state index < -0.39 is 0 Å². The number of hydrogen-bond acceptors (Lipinski definition) is 4. The quantitative estimate of drug-likeness (QED) is 0.193. The van der Waals surface area contributed by atoms with Crippen molar-refractivity contribution in [2.75, 3.05) is 11.5 Å². The third kappa shape index (κ3) is 6.63. The van der Waals surface area contributed by atoms with Crippen LogP contribution < -0.4 is 20.9 Å². The number of anilines is 2. The largest absolute Gasteiger partial charge is 0.457 e. The van der Waals surface area contributed by atoms with E-state index in [4.69, 9.17) is 20.9 Å². The van der Waals surface area contributed by atoms with Crippen LogP contribution in [0.15, 0.2) is 72.8 Å². The second kappa shape index (κ2) is 13.4. The minimum Gasteiger partial charge on any atom is -0.457 e. The normalized spacial score (nSPS) is 19.9. The first-order valence-corrected chi connectivity index (χ1v) is 17.5. The highest BCUT2D eigenvalue weighted by Crippen LogP contribution is 2.52. The van der Waals surface area contributed by atoms with Crippen LogP contribution >= 0.6 is 0 Å². The van der Waals surface area contributed by atoms with E-state index in [9.17, 15) is 0 Å². The Kier molecular flexibility index (Phi) is 9.36. The Balaban J connectivity index is 1.35. The Hall–Kier alpha value is -3.92. The van der Waals surface area contributed by atoms with E-state index in [2.05, 4.69) is 58.9 Å². The van der Waals surface area contributed by atoms with Crippen molar-refractivity contribution in [3.63, 3.8) is 0 Å². The molecular formula is C42H52N2O2. The number of aryl methyl sites for hydroxylation is 4. The van der Waals surface area contributed by atoms with Crippen LogP contribution in [0.1, 0.15) is 98.1 Å². The second-order valence-electron chi connectivity index (χ2n) is 14.3. The Labute approximate surface area is 276 Å². The molecule has 0 aliphatic heterocycles. The highest BCUT2D eigenvalue weighted by atomic mass is 16.5. The Morgan fingerprint density at radius 3 is 1.39 bits per heavy atom. The maximum Gasteiger partial charge on any atom is 0.133 e. The van der Waals surface area contributed by atoms with Crippen LogP contribution in [-0.2, 0) is 5.41 Å². The number of ether oxygens (including phenoxy) is 2. The van der Waals surface area contributed by atoms with Gasteiger partial charge in [-0.1, -0.05) is 62.6 Å². The van der Waals surface area contributed by atoms with E-state index in [0.717, 1.165) is 75.8 Å². The fourth-order valence-corrected chi connectivity index (χ4v) is 8.58. The van der Waals surface area contributed by atoms with Crippen LogP contribution in [-0.4, -0.2) is 0 Å². The predicted octanol–water partition coefficient (Wildman–Crippen LogP) is 11.4. The van der Waals surface area contributed by atoms with E-state index in [1.54, 1.807) is 0 Å². The van der Waals surface area contributed by atoms with Crippen molar-refractivity contribution >= 4 is 11.4 Å². The molecule has 2 saturated carbocycles. The molecule has 46 heavy (non-hydrogen) atoms. The standard InChI is InChI=1S/C42H52N2O2/c1-6-31-13-15-32(16-14-31)33-17-19-42(20-18-33,34-21-27(2)40(28(3)22-34)45-38-11-7-9-36(43)25-38)35-23-29(4)41(30(5)24-35)46-39-12-8-10-37(44)26-39/h7-12,21-26,31-33H,6,13-20,43-44H2,1-5H3/t31-,32+. The van der Waals surface area contributed by atoms with Crippen LogP contribution in [0.4, 0.5) is 11.4 Å². The summed E-state index contributed by atoms with van der Waals surface area (Å²) in [7, 11) is 0. The summed E-state index contributed by atoms with van der Waals surface area (Å²) in [6, 6.07) is 25.0. The van der Waals surface area contributed by atoms with E-state index in [-0.39, 0.29) is 5.41 Å². The topological polar surface area (TPSA) is 70.5 Å². The van der Waals surface area contributed by atoms with Crippen LogP contribution in [0.3, 0.4) is 0 Å². The molecule has 2 fully saturated rings. The van der Waals surface area contributed by atoms with Crippen molar-refractivity contribution in [3.05, 3.63) is 106 Å². The van der Waals surface area contributed by atoms with Gasteiger partial charge in [0.25, 0.3) is 0 Å². The number of hydrogen-bond donors (Lipinski definition) is 2. The summed E-state index contributed by atoms with van der Waals surface area (Å²) in [4.78, 5) is 0. The molecule has 0 atom stereocenters. The minimum atomic E-state index is -0.0619. The first kappa shape index (κ1) is 32.0. The molecule has 0 aromatic heterocycles. The van der Waals surface area contributed by atoms with E-state index in [1.807, 2.05) is 48.5 Å². The third-order valence-electron chi connectivity index (χ3n) is 11.2. The van der Waals surface area contributed by atoms with Crippen LogP contribution in [0.2, 0.25) is 0 Å². The van der Waals surface area contributed by atoms with E-state index >= 15 is 0 Å². The van der Waals surface area contributed by atoms with Crippen molar-refractivity contribution in [1.29, 1.82) is 0 Å². The predicted molar refractivity (Wildman–Crippen MR) is 192 cm³/mol. The van der Waals surface area contributed by atoms with Gasteiger partial charge in [0, 0.05) is 28.9 Å². The summed E-state index contributed by atoms with van der Waals surface area (Å²) in [6.45, 7) is 11.1. The Morgan fingerprint density at radius 1 is 0.587 bits per heavy atom. The van der Waals surface area contributed by atoms with Gasteiger partial charge in [-0.05, 0) is 142 Å². The maximum absolute atomic E-state index is 6.43. The minimum absolute atomic E-state index is 0.0619. The molecule has 4 N–H and O–H groups in total. The zero-order valence-electron chi connectivity index (χ0n) is 28.5. The first-order chi connectivity index (χ1) is 22.1. The number of rotatable bonds is 8. The van der Waals surface area contributed by atoms with Crippen molar-refractivity contribution in [2.45, 2.75) is 97.8 Å². The van der Waals surface area contributed by atoms with E-state index in [1.165, 1.54) is 56.1 Å². The summed E-state index contributed by atoms with van der Waals surface area (Å²) in [5.41, 5.74) is 20.9. The monoisotopic (exact) mass is 616 g/mol. The van der Waals surface area contributed by atoms with Gasteiger partial charge in [-0.2, -0.15) is 0 Å². The van der Waals surface area contributed by atoms with Gasteiger partial charge < -0.3 is 20.9 Å². The van der Waals surface area contributed by atoms with E-state index in [0.29, 0.717) is 11.4 Å². The van der Waals surface area contributed by atoms with Crippen molar-refractivity contribution in [2.24, 2.45) is 17.8 Å². The van der Waals surface area contributed by atoms with Crippen molar-refractivity contribution in [1.82, 2.24) is 0 Å². The average molecular weight is 617 g/mol. The molecule has 0 bridgehead atoms. The summed E-state index contributed by atoms with van der Waals surface area (Å²) in [6.07, 6.45) is 11.9. The zero-order chi connectivity index (χ0) is 32.4. The number of benzene rings is 4. The molecule has 0 heterocycles. The summed E-state index contributed by atoms with van der Waals surface area (Å²) in [5.74, 6) is 6.04. The molecular weight excluding hydrogens is 564 g/mol. The lowest BCUT2D eigenvalue weighted by Crippen LogP contribution is -2.36. The highest BCUT2D eigenvalue weighted by molar-refractivity contribution is 5.55. The first-order valence-electron chi connectivity index (χ1n) is 17.5. The zero-order valence-corrected chi connectivity index (χ0v) is 28.5. The molecule has 242 valence electrons. The van der Waals surface area contributed by atoms with Gasteiger partial charge >= 0.3 is 0 Å². The molecule has 0 radical (unpaired) electrons. The van der Waals surface area contributed by atoms with Gasteiger partial charge in [0.2, 0.25) is 0 Å². The molecule has 6 rings (SSSR count). The second-order valence-corrected chi connectivity index (χ2v) is 14.3. The lowest BCUT2D eigenvalue weighted by atomic mass is 9.59. The van der Waals surface area contributed by atoms with Gasteiger partial charge in [-0.15, -0.1) is 0 Å². The van der Waals surface area contributed by atoms with Gasteiger partial charge in [0.05, 0.1) is 0 Å². The fraction of sp³-hybridized carbons (Fsp3) is 0.429. The Morgan fingerprint density at radius 2 is 1.00 bits per heavy atom. The third-order valence-corrected chi connectivity index (χ3v) is 11.2. The lowest BCUT2D eigenvalue weighted by molar-refractivity contribution is 0.142. The number of nitrogens with two attached hydrogens (primary N) is 2. The van der Waals surface area contributed by atoms with Crippen molar-refractivity contribution < 1.29 is 9.47 Å². The number of nitrogen functional groups attached to an aromatic ring is 2. The van der Waals surface area contributed by atoms with Crippen LogP contribution in [0.25, 0.3) is 0 Å². The van der Waals surface area contributed by atoms with Gasteiger partial charge in [-0.3, -0.25) is 0 Å². The lowest BCUT2D eigenvalue weighted by Gasteiger charge is -2.45. The highest BCUT2D eigenvalue weighted by Gasteiger charge is 2.41. The average Bonchev–Trinajstić information content (AvgIpc) is 3.04. The summed E-state index contributed by atoms with van der Waals surface area (Å²) < 4.78 is 12.9. The van der Waals surface area contributed by atoms with Gasteiger partial charge in [0.1, 0.15) is 23.0 Å². The molecule has 4 heteroatoms. The molecule has 2 aliphatic rings. The van der Waals surface area contributed by atoms with Gasteiger partial charge in [-0.25, -0.2) is 0 Å². The molecule has 4 nitrogen and oxygen atoms in total. The molecule has 0 amide bonds.